The van der Waals surface area contributed by atoms with Gasteiger partial charge in [0.25, 0.3) is 5.56 Å². The van der Waals surface area contributed by atoms with Gasteiger partial charge in [-0.25, -0.2) is 9.78 Å². The summed E-state index contributed by atoms with van der Waals surface area (Å²) in [4.78, 5) is 40.4. The maximum absolute atomic E-state index is 12.2. The number of imide groups is 1. The Balaban J connectivity index is 1.32. The molecule has 148 valence electrons. The molecule has 3 amide bonds. The molecule has 0 saturated carbocycles. The average molecular weight is 394 g/mol. The molecule has 1 aromatic heterocycles. The van der Waals surface area contributed by atoms with Gasteiger partial charge in [0, 0.05) is 0 Å². The molecule has 0 bridgehead atoms. The van der Waals surface area contributed by atoms with Crippen molar-refractivity contribution in [3.63, 3.8) is 0 Å². The SMILES string of the molecule is O=C(Cn1c(=O)cnc2ccccc21)NC(=O)NC[C@H]1COc2ccccc2O1. The zero-order chi connectivity index (χ0) is 20.2. The first-order chi connectivity index (χ1) is 14.1. The van der Waals surface area contributed by atoms with Gasteiger partial charge in [-0.15, -0.1) is 0 Å². The molecule has 0 unspecified atom stereocenters. The monoisotopic (exact) mass is 394 g/mol. The molecule has 2 N–H and O–H groups in total. The van der Waals surface area contributed by atoms with Gasteiger partial charge in [0.15, 0.2) is 17.6 Å². The van der Waals surface area contributed by atoms with E-state index >= 15 is 0 Å². The minimum Gasteiger partial charge on any atom is -0.486 e. The molecule has 1 aliphatic rings. The second kappa shape index (κ2) is 8.01. The molecule has 3 aromatic rings. The Morgan fingerprint density at radius 1 is 1.10 bits per heavy atom. The van der Waals surface area contributed by atoms with Crippen LogP contribution in [0.2, 0.25) is 0 Å². The zero-order valence-corrected chi connectivity index (χ0v) is 15.3. The van der Waals surface area contributed by atoms with Crippen LogP contribution in [-0.2, 0) is 11.3 Å². The second-order valence-corrected chi connectivity index (χ2v) is 6.43. The molecule has 2 aromatic carbocycles. The van der Waals surface area contributed by atoms with Crippen LogP contribution >= 0.6 is 0 Å². The van der Waals surface area contributed by atoms with Crippen molar-refractivity contribution >= 4 is 23.0 Å². The smallest absolute Gasteiger partial charge is 0.321 e. The van der Waals surface area contributed by atoms with Crippen LogP contribution in [0.5, 0.6) is 11.5 Å². The number of ether oxygens (including phenoxy) is 2. The summed E-state index contributed by atoms with van der Waals surface area (Å²) in [6.45, 7) is 0.140. The fraction of sp³-hybridized carbons (Fsp3) is 0.200. The average Bonchev–Trinajstić information content (AvgIpc) is 2.74. The molecule has 0 aliphatic carbocycles. The molecule has 0 spiro atoms. The van der Waals surface area contributed by atoms with Crippen LogP contribution in [0.15, 0.2) is 59.5 Å². The van der Waals surface area contributed by atoms with E-state index in [1.54, 1.807) is 36.4 Å². The van der Waals surface area contributed by atoms with Crippen molar-refractivity contribution in [3.8, 4) is 11.5 Å². The summed E-state index contributed by atoms with van der Waals surface area (Å²) >= 11 is 0. The van der Waals surface area contributed by atoms with E-state index in [1.165, 1.54) is 4.57 Å². The van der Waals surface area contributed by atoms with Crippen LogP contribution in [0.25, 0.3) is 11.0 Å². The molecule has 0 saturated heterocycles. The number of rotatable bonds is 4. The van der Waals surface area contributed by atoms with E-state index in [9.17, 15) is 14.4 Å². The molecule has 4 rings (SSSR count). The first-order valence-corrected chi connectivity index (χ1v) is 9.01. The number of carbonyl (C=O) groups is 2. The quantitative estimate of drug-likeness (QED) is 0.685. The Labute approximate surface area is 165 Å². The number of amides is 3. The standard InChI is InChI=1S/C20H18N4O5/c25-18(11-24-15-6-2-1-5-14(15)21-10-19(24)26)23-20(27)22-9-13-12-28-16-7-3-4-8-17(16)29-13/h1-8,10,13H,9,11-12H2,(H2,22,23,25,27)/t13-/m0/s1. The van der Waals surface area contributed by atoms with Crippen molar-refractivity contribution in [1.29, 1.82) is 0 Å². The zero-order valence-electron chi connectivity index (χ0n) is 15.3. The summed E-state index contributed by atoms with van der Waals surface area (Å²) in [6.07, 6.45) is 0.769. The van der Waals surface area contributed by atoms with Crippen molar-refractivity contribution < 1.29 is 19.1 Å². The normalized spacial score (nSPS) is 15.0. The molecule has 2 heterocycles. The summed E-state index contributed by atoms with van der Waals surface area (Å²) in [5.74, 6) is 0.636. The van der Waals surface area contributed by atoms with Crippen LogP contribution in [0.3, 0.4) is 0 Å². The van der Waals surface area contributed by atoms with Crippen molar-refractivity contribution in [1.82, 2.24) is 20.2 Å². The Morgan fingerprint density at radius 3 is 2.72 bits per heavy atom. The Hall–Kier alpha value is -3.88. The van der Waals surface area contributed by atoms with E-state index in [1.807, 2.05) is 12.1 Å². The van der Waals surface area contributed by atoms with Gasteiger partial charge in [0.05, 0.1) is 23.8 Å². The van der Waals surface area contributed by atoms with E-state index in [2.05, 4.69) is 15.6 Å². The summed E-state index contributed by atoms with van der Waals surface area (Å²) < 4.78 is 12.6. The summed E-state index contributed by atoms with van der Waals surface area (Å²) in [5.41, 5.74) is 0.673. The molecule has 9 heteroatoms. The van der Waals surface area contributed by atoms with Gasteiger partial charge in [-0.1, -0.05) is 24.3 Å². The fourth-order valence-electron chi connectivity index (χ4n) is 3.00. The highest BCUT2D eigenvalue weighted by Crippen LogP contribution is 2.30. The molecule has 0 radical (unpaired) electrons. The molecular weight excluding hydrogens is 376 g/mol. The van der Waals surface area contributed by atoms with Gasteiger partial charge in [-0.05, 0) is 24.3 Å². The predicted molar refractivity (Wildman–Crippen MR) is 104 cm³/mol. The van der Waals surface area contributed by atoms with Gasteiger partial charge < -0.3 is 14.8 Å². The second-order valence-electron chi connectivity index (χ2n) is 6.43. The summed E-state index contributed by atoms with van der Waals surface area (Å²) in [7, 11) is 0. The number of hydrogen-bond donors (Lipinski definition) is 2. The third kappa shape index (κ3) is 4.18. The minimum atomic E-state index is -0.677. The maximum atomic E-state index is 12.2. The maximum Gasteiger partial charge on any atom is 0.321 e. The number of carbonyl (C=O) groups excluding carboxylic acids is 2. The molecular formula is C20H18N4O5. The van der Waals surface area contributed by atoms with Gasteiger partial charge in [-0.2, -0.15) is 0 Å². The minimum absolute atomic E-state index is 0.158. The first-order valence-electron chi connectivity index (χ1n) is 9.01. The predicted octanol–water partition coefficient (Wildman–Crippen LogP) is 1.06. The highest BCUT2D eigenvalue weighted by atomic mass is 16.6. The lowest BCUT2D eigenvalue weighted by atomic mass is 10.2. The Kier molecular flexibility index (Phi) is 5.10. The number of nitrogens with zero attached hydrogens (tertiary/aromatic N) is 2. The van der Waals surface area contributed by atoms with Crippen LogP contribution in [0, 0.1) is 0 Å². The highest BCUT2D eigenvalue weighted by Gasteiger charge is 2.21. The number of fused-ring (bicyclic) bond motifs is 2. The van der Waals surface area contributed by atoms with E-state index < -0.39 is 17.5 Å². The van der Waals surface area contributed by atoms with Crippen LogP contribution in [-0.4, -0.2) is 40.7 Å². The van der Waals surface area contributed by atoms with Gasteiger partial charge in [0.1, 0.15) is 13.2 Å². The Bertz CT molecular complexity index is 1130. The summed E-state index contributed by atoms with van der Waals surface area (Å²) in [5, 5.41) is 4.79. The van der Waals surface area contributed by atoms with E-state index in [0.717, 1.165) is 6.20 Å². The lowest BCUT2D eigenvalue weighted by Crippen LogP contribution is -2.47. The number of nitrogens with one attached hydrogen (secondary N) is 2. The van der Waals surface area contributed by atoms with Crippen LogP contribution < -0.4 is 25.7 Å². The number of benzene rings is 2. The molecule has 29 heavy (non-hydrogen) atoms. The van der Waals surface area contributed by atoms with Gasteiger partial charge in [-0.3, -0.25) is 19.5 Å². The number of urea groups is 1. The Morgan fingerprint density at radius 2 is 1.86 bits per heavy atom. The van der Waals surface area contributed by atoms with Crippen LogP contribution in [0.4, 0.5) is 4.79 Å². The third-order valence-electron chi connectivity index (χ3n) is 4.37. The molecule has 9 nitrogen and oxygen atoms in total. The largest absolute Gasteiger partial charge is 0.486 e. The number of aromatic nitrogens is 2. The molecule has 1 aliphatic heterocycles. The van der Waals surface area contributed by atoms with Gasteiger partial charge in [0.2, 0.25) is 5.91 Å². The van der Waals surface area contributed by atoms with Crippen LogP contribution in [0.1, 0.15) is 0 Å². The molecule has 1 atom stereocenters. The number of hydrogen-bond acceptors (Lipinski definition) is 6. The van der Waals surface area contributed by atoms with E-state index in [4.69, 9.17) is 9.47 Å². The van der Waals surface area contributed by atoms with Crippen molar-refractivity contribution in [2.45, 2.75) is 12.6 Å². The topological polar surface area (TPSA) is 112 Å². The van der Waals surface area contributed by atoms with Gasteiger partial charge >= 0.3 is 6.03 Å². The number of para-hydroxylation sites is 4. The molecule has 0 fully saturated rings. The first kappa shape index (κ1) is 18.5. The van der Waals surface area contributed by atoms with Crippen molar-refractivity contribution in [2.24, 2.45) is 0 Å². The van der Waals surface area contributed by atoms with E-state index in [0.29, 0.717) is 22.5 Å². The highest BCUT2D eigenvalue weighted by molar-refractivity contribution is 5.94. The third-order valence-corrected chi connectivity index (χ3v) is 4.37. The summed E-state index contributed by atoms with van der Waals surface area (Å²) in [6, 6.07) is 13.5. The lowest BCUT2D eigenvalue weighted by molar-refractivity contribution is -0.120. The van der Waals surface area contributed by atoms with Crippen molar-refractivity contribution in [3.05, 3.63) is 65.1 Å². The van der Waals surface area contributed by atoms with E-state index in [-0.39, 0.29) is 25.8 Å². The lowest BCUT2D eigenvalue weighted by Gasteiger charge is -2.26. The fourth-order valence-corrected chi connectivity index (χ4v) is 3.00. The van der Waals surface area contributed by atoms with Crippen molar-refractivity contribution in [2.75, 3.05) is 13.2 Å².